The van der Waals surface area contributed by atoms with Crippen LogP contribution >= 0.6 is 0 Å². The molecule has 0 aliphatic heterocycles. The first-order valence-corrected chi connectivity index (χ1v) is 7.55. The average molecular weight is 276 g/mol. The first-order valence-electron chi connectivity index (χ1n) is 7.55. The van der Waals surface area contributed by atoms with Crippen molar-refractivity contribution in [2.24, 2.45) is 11.8 Å². The lowest BCUT2D eigenvalue weighted by Crippen LogP contribution is -2.21. The van der Waals surface area contributed by atoms with Crippen LogP contribution in [0.15, 0.2) is 18.2 Å². The third-order valence-corrected chi connectivity index (χ3v) is 4.11. The molecule has 2 N–H and O–H groups in total. The maximum atomic E-state index is 10.8. The summed E-state index contributed by atoms with van der Waals surface area (Å²) < 4.78 is 0. The number of pyridine rings is 1. The van der Waals surface area contributed by atoms with Crippen LogP contribution in [0.4, 0.5) is 0 Å². The van der Waals surface area contributed by atoms with Crippen molar-refractivity contribution in [1.29, 1.82) is 0 Å². The highest BCUT2D eigenvalue weighted by atomic mass is 16.4. The molecule has 2 rings (SSSR count). The van der Waals surface area contributed by atoms with Gasteiger partial charge in [-0.2, -0.15) is 0 Å². The van der Waals surface area contributed by atoms with Crippen LogP contribution in [0.3, 0.4) is 0 Å². The van der Waals surface area contributed by atoms with Crippen molar-refractivity contribution in [1.82, 2.24) is 10.3 Å². The molecule has 2 atom stereocenters. The summed E-state index contributed by atoms with van der Waals surface area (Å²) in [4.78, 5) is 14.9. The van der Waals surface area contributed by atoms with Crippen LogP contribution in [0.25, 0.3) is 0 Å². The van der Waals surface area contributed by atoms with E-state index < -0.39 is 5.97 Å². The van der Waals surface area contributed by atoms with E-state index in [9.17, 15) is 4.79 Å². The van der Waals surface area contributed by atoms with Gasteiger partial charge in [-0.1, -0.05) is 32.3 Å². The van der Waals surface area contributed by atoms with Crippen molar-refractivity contribution in [3.8, 4) is 0 Å². The lowest BCUT2D eigenvalue weighted by Gasteiger charge is -2.26. The molecule has 0 amide bonds. The summed E-state index contributed by atoms with van der Waals surface area (Å²) in [5.41, 5.74) is 0.910. The maximum absolute atomic E-state index is 10.8. The number of nitrogens with zero attached hydrogens (tertiary/aromatic N) is 1. The van der Waals surface area contributed by atoms with Gasteiger partial charge in [-0.3, -0.25) is 0 Å². The molecule has 4 heteroatoms. The topological polar surface area (TPSA) is 62.2 Å². The van der Waals surface area contributed by atoms with Gasteiger partial charge in [0.05, 0.1) is 5.69 Å². The minimum Gasteiger partial charge on any atom is -0.477 e. The zero-order chi connectivity index (χ0) is 14.4. The van der Waals surface area contributed by atoms with Crippen LogP contribution in [0.2, 0.25) is 0 Å². The molecule has 0 saturated heterocycles. The number of hydrogen-bond acceptors (Lipinski definition) is 3. The Morgan fingerprint density at radius 3 is 3.05 bits per heavy atom. The second-order valence-corrected chi connectivity index (χ2v) is 5.92. The minimum absolute atomic E-state index is 0.116. The Kier molecular flexibility index (Phi) is 5.53. The van der Waals surface area contributed by atoms with E-state index in [-0.39, 0.29) is 5.69 Å². The number of aromatic nitrogens is 1. The predicted molar refractivity (Wildman–Crippen MR) is 78.6 cm³/mol. The monoisotopic (exact) mass is 276 g/mol. The summed E-state index contributed by atoms with van der Waals surface area (Å²) >= 11 is 0. The summed E-state index contributed by atoms with van der Waals surface area (Å²) in [5.74, 6) is 0.760. The molecule has 1 aliphatic carbocycles. The van der Waals surface area contributed by atoms with E-state index in [1.807, 2.05) is 6.07 Å². The van der Waals surface area contributed by atoms with Gasteiger partial charge in [-0.15, -0.1) is 0 Å². The van der Waals surface area contributed by atoms with Crippen LogP contribution in [-0.2, 0) is 6.54 Å². The lowest BCUT2D eigenvalue weighted by molar-refractivity contribution is 0.0690. The van der Waals surface area contributed by atoms with Crippen molar-refractivity contribution in [3.63, 3.8) is 0 Å². The standard InChI is InChI=1S/C16H24N2O2/c1-12-4-2-5-13(10-12)8-9-17-11-14-6-3-7-15(18-14)16(19)20/h3,6-7,12-13,17H,2,4-5,8-11H2,1H3,(H,19,20). The summed E-state index contributed by atoms with van der Waals surface area (Å²) in [7, 11) is 0. The number of carbonyl (C=O) groups is 1. The van der Waals surface area contributed by atoms with Gasteiger partial charge in [0.15, 0.2) is 0 Å². The van der Waals surface area contributed by atoms with Crippen molar-refractivity contribution in [2.45, 2.75) is 45.6 Å². The second kappa shape index (κ2) is 7.39. The normalized spacial score (nSPS) is 22.6. The second-order valence-electron chi connectivity index (χ2n) is 5.92. The molecule has 110 valence electrons. The van der Waals surface area contributed by atoms with E-state index in [0.29, 0.717) is 6.54 Å². The molecule has 1 fully saturated rings. The van der Waals surface area contributed by atoms with E-state index >= 15 is 0 Å². The molecule has 0 spiro atoms. The van der Waals surface area contributed by atoms with Gasteiger partial charge < -0.3 is 10.4 Å². The SMILES string of the molecule is CC1CCCC(CCNCc2cccc(C(=O)O)n2)C1. The quantitative estimate of drug-likeness (QED) is 0.784. The molecule has 4 nitrogen and oxygen atoms in total. The molecule has 2 unspecified atom stereocenters. The third kappa shape index (κ3) is 4.60. The smallest absolute Gasteiger partial charge is 0.354 e. The van der Waals surface area contributed by atoms with Gasteiger partial charge in [0.2, 0.25) is 0 Å². The zero-order valence-corrected chi connectivity index (χ0v) is 12.1. The van der Waals surface area contributed by atoms with Crippen molar-refractivity contribution >= 4 is 5.97 Å². The van der Waals surface area contributed by atoms with Gasteiger partial charge in [0, 0.05) is 6.54 Å². The Balaban J connectivity index is 1.70. The molecule has 0 radical (unpaired) electrons. The Labute approximate surface area is 120 Å². The predicted octanol–water partition coefficient (Wildman–Crippen LogP) is 3.09. The Hall–Kier alpha value is -1.42. The molecular formula is C16H24N2O2. The van der Waals surface area contributed by atoms with Gasteiger partial charge in [0.1, 0.15) is 5.69 Å². The fourth-order valence-electron chi connectivity index (χ4n) is 3.04. The van der Waals surface area contributed by atoms with Crippen LogP contribution < -0.4 is 5.32 Å². The highest BCUT2D eigenvalue weighted by Gasteiger charge is 2.18. The van der Waals surface area contributed by atoms with Crippen molar-refractivity contribution in [3.05, 3.63) is 29.6 Å². The minimum atomic E-state index is -0.969. The van der Waals surface area contributed by atoms with E-state index in [2.05, 4.69) is 17.2 Å². The van der Waals surface area contributed by atoms with E-state index in [4.69, 9.17) is 5.11 Å². The molecule has 0 bridgehead atoms. The summed E-state index contributed by atoms with van der Waals surface area (Å²) in [6.07, 6.45) is 6.68. The van der Waals surface area contributed by atoms with Crippen LogP contribution in [-0.4, -0.2) is 22.6 Å². The molecule has 1 aliphatic rings. The number of aromatic carboxylic acids is 1. The van der Waals surface area contributed by atoms with Gasteiger partial charge in [0.25, 0.3) is 0 Å². The zero-order valence-electron chi connectivity index (χ0n) is 12.1. The Bertz CT molecular complexity index is 448. The highest BCUT2D eigenvalue weighted by molar-refractivity contribution is 5.85. The number of hydrogen-bond donors (Lipinski definition) is 2. The largest absolute Gasteiger partial charge is 0.477 e. The Morgan fingerprint density at radius 2 is 2.30 bits per heavy atom. The number of rotatable bonds is 6. The van der Waals surface area contributed by atoms with Crippen molar-refractivity contribution < 1.29 is 9.90 Å². The fourth-order valence-corrected chi connectivity index (χ4v) is 3.04. The molecule has 1 saturated carbocycles. The molecule has 1 heterocycles. The lowest BCUT2D eigenvalue weighted by atomic mass is 9.81. The van der Waals surface area contributed by atoms with E-state index in [0.717, 1.165) is 24.1 Å². The van der Waals surface area contributed by atoms with E-state index in [1.165, 1.54) is 38.2 Å². The molecule has 1 aromatic heterocycles. The number of carboxylic acids is 1. The van der Waals surface area contributed by atoms with Crippen molar-refractivity contribution in [2.75, 3.05) is 6.54 Å². The maximum Gasteiger partial charge on any atom is 0.354 e. The van der Waals surface area contributed by atoms with E-state index in [1.54, 1.807) is 6.07 Å². The summed E-state index contributed by atoms with van der Waals surface area (Å²) in [6.45, 7) is 3.97. The number of nitrogens with one attached hydrogen (secondary N) is 1. The highest BCUT2D eigenvalue weighted by Crippen LogP contribution is 2.30. The third-order valence-electron chi connectivity index (χ3n) is 4.11. The Morgan fingerprint density at radius 1 is 1.45 bits per heavy atom. The first kappa shape index (κ1) is 15.0. The fraction of sp³-hybridized carbons (Fsp3) is 0.625. The summed E-state index contributed by atoms with van der Waals surface area (Å²) in [5, 5.41) is 12.3. The van der Waals surface area contributed by atoms with Gasteiger partial charge in [-0.25, -0.2) is 9.78 Å². The molecule has 20 heavy (non-hydrogen) atoms. The molecular weight excluding hydrogens is 252 g/mol. The first-order chi connectivity index (χ1) is 9.65. The van der Waals surface area contributed by atoms with Gasteiger partial charge in [-0.05, 0) is 43.4 Å². The summed E-state index contributed by atoms with van der Waals surface area (Å²) in [6, 6.07) is 5.13. The van der Waals surface area contributed by atoms with Gasteiger partial charge >= 0.3 is 5.97 Å². The molecule has 0 aromatic carbocycles. The van der Waals surface area contributed by atoms with Crippen LogP contribution in [0.1, 0.15) is 55.2 Å². The van der Waals surface area contributed by atoms with Crippen LogP contribution in [0, 0.1) is 11.8 Å². The average Bonchev–Trinajstić information content (AvgIpc) is 2.44. The van der Waals surface area contributed by atoms with Crippen LogP contribution in [0.5, 0.6) is 0 Å². The number of carboxylic acid groups (broad SMARTS) is 1. The molecule has 1 aromatic rings.